The van der Waals surface area contributed by atoms with E-state index in [4.69, 9.17) is 9.52 Å². The molecule has 2 N–H and O–H groups in total. The van der Waals surface area contributed by atoms with Gasteiger partial charge >= 0.3 is 12.1 Å². The van der Waals surface area contributed by atoms with Gasteiger partial charge in [0, 0.05) is 30.1 Å². The Balaban J connectivity index is 1.46. The predicted molar refractivity (Wildman–Crippen MR) is 127 cm³/mol. The zero-order valence-corrected chi connectivity index (χ0v) is 18.7. The van der Waals surface area contributed by atoms with Gasteiger partial charge in [-0.25, -0.2) is 4.79 Å². The third-order valence-corrected chi connectivity index (χ3v) is 6.01. The van der Waals surface area contributed by atoms with Gasteiger partial charge in [0.05, 0.1) is 28.5 Å². The smallest absolute Gasteiger partial charge is 0.416 e. The molecule has 6 nitrogen and oxygen atoms in total. The van der Waals surface area contributed by atoms with Crippen molar-refractivity contribution in [2.45, 2.75) is 19.3 Å². The highest BCUT2D eigenvalue weighted by atomic mass is 19.4. The number of hydrogen-bond acceptors (Lipinski definition) is 3. The lowest BCUT2D eigenvalue weighted by Crippen LogP contribution is -2.23. The first-order chi connectivity index (χ1) is 17.2. The minimum Gasteiger partial charge on any atom is -0.478 e. The molecule has 0 unspecified atom stereocenters. The van der Waals surface area contributed by atoms with Crippen LogP contribution in [-0.2, 0) is 19.3 Å². The van der Waals surface area contributed by atoms with Crippen molar-refractivity contribution in [3.63, 3.8) is 0 Å². The average Bonchev–Trinajstić information content (AvgIpc) is 3.49. The number of aromatic nitrogens is 1. The number of carboxylic acids is 1. The zero-order chi connectivity index (χ0) is 25.4. The van der Waals surface area contributed by atoms with E-state index in [0.29, 0.717) is 22.2 Å². The van der Waals surface area contributed by atoms with Crippen LogP contribution in [0.5, 0.6) is 0 Å². The number of amides is 1. The standard InChI is InChI=1S/C27H19F3N2O4/c28-27(29,30)19-7-3-17(4-8-19)15-32-11-9-21-20-10-12-36-23(20)13-22(24(21)32)25(33)31-14-16-1-5-18(6-2-16)26(34)35/h1-13H,14-15H2,(H,31,33)(H,34,35). The topological polar surface area (TPSA) is 84.5 Å². The molecule has 0 fully saturated rings. The van der Waals surface area contributed by atoms with Crippen LogP contribution in [0.1, 0.15) is 37.4 Å². The third-order valence-electron chi connectivity index (χ3n) is 6.01. The highest BCUT2D eigenvalue weighted by Crippen LogP contribution is 2.32. The Labute approximate surface area is 202 Å². The normalized spacial score (nSPS) is 11.8. The van der Waals surface area contributed by atoms with Gasteiger partial charge in [0.25, 0.3) is 5.91 Å². The number of nitrogens with zero attached hydrogens (tertiary/aromatic N) is 1. The molecule has 0 aliphatic carbocycles. The maximum atomic E-state index is 13.2. The van der Waals surface area contributed by atoms with Gasteiger partial charge in [0.2, 0.25) is 0 Å². The number of fused-ring (bicyclic) bond motifs is 3. The summed E-state index contributed by atoms with van der Waals surface area (Å²) in [6, 6.07) is 16.4. The average molecular weight is 492 g/mol. The van der Waals surface area contributed by atoms with E-state index in [-0.39, 0.29) is 24.6 Å². The van der Waals surface area contributed by atoms with E-state index in [1.807, 2.05) is 10.6 Å². The number of aromatic carboxylic acids is 1. The SMILES string of the molecule is O=C(O)c1ccc(CNC(=O)c2cc3occc3c3ccn(Cc4ccc(C(F)(F)F)cc4)c23)cc1. The third kappa shape index (κ3) is 4.43. The maximum Gasteiger partial charge on any atom is 0.416 e. The highest BCUT2D eigenvalue weighted by Gasteiger charge is 2.30. The number of carboxylic acid groups (broad SMARTS) is 1. The summed E-state index contributed by atoms with van der Waals surface area (Å²) in [6.07, 6.45) is -1.09. The van der Waals surface area contributed by atoms with Crippen LogP contribution in [0.4, 0.5) is 13.2 Å². The van der Waals surface area contributed by atoms with E-state index in [2.05, 4.69) is 5.32 Å². The van der Waals surface area contributed by atoms with Crippen LogP contribution in [0.3, 0.4) is 0 Å². The van der Waals surface area contributed by atoms with Gasteiger partial charge in [-0.1, -0.05) is 24.3 Å². The Morgan fingerprint density at radius 1 is 0.917 bits per heavy atom. The molecule has 2 heterocycles. The number of nitrogens with one attached hydrogen (secondary N) is 1. The van der Waals surface area contributed by atoms with E-state index in [1.165, 1.54) is 30.5 Å². The van der Waals surface area contributed by atoms with Gasteiger partial charge in [0.15, 0.2) is 0 Å². The van der Waals surface area contributed by atoms with Crippen molar-refractivity contribution in [1.82, 2.24) is 9.88 Å². The van der Waals surface area contributed by atoms with Crippen LogP contribution in [0.25, 0.3) is 21.9 Å². The molecule has 5 rings (SSSR count). The molecule has 5 aromatic rings. The molecule has 0 aliphatic heterocycles. The molecule has 182 valence electrons. The van der Waals surface area contributed by atoms with Gasteiger partial charge < -0.3 is 19.4 Å². The first-order valence-corrected chi connectivity index (χ1v) is 11.0. The van der Waals surface area contributed by atoms with Crippen LogP contribution in [-0.4, -0.2) is 21.6 Å². The minimum atomic E-state index is -4.41. The lowest BCUT2D eigenvalue weighted by molar-refractivity contribution is -0.137. The molecular formula is C27H19F3N2O4. The Bertz CT molecular complexity index is 1580. The van der Waals surface area contributed by atoms with Crippen molar-refractivity contribution < 1.29 is 32.3 Å². The maximum absolute atomic E-state index is 13.2. The molecular weight excluding hydrogens is 473 g/mol. The van der Waals surface area contributed by atoms with Gasteiger partial charge in [-0.05, 0) is 53.6 Å². The molecule has 2 aromatic heterocycles. The first-order valence-electron chi connectivity index (χ1n) is 11.0. The second-order valence-electron chi connectivity index (χ2n) is 8.34. The minimum absolute atomic E-state index is 0.149. The summed E-state index contributed by atoms with van der Waals surface area (Å²) in [5.41, 5.74) is 2.32. The summed E-state index contributed by atoms with van der Waals surface area (Å²) in [6.45, 7) is 0.442. The Kier molecular flexibility index (Phi) is 5.75. The Hall–Kier alpha value is -4.53. The molecule has 0 atom stereocenters. The van der Waals surface area contributed by atoms with Gasteiger partial charge in [-0.2, -0.15) is 13.2 Å². The molecule has 0 saturated carbocycles. The van der Waals surface area contributed by atoms with Crippen molar-refractivity contribution >= 4 is 33.7 Å². The molecule has 0 bridgehead atoms. The van der Waals surface area contributed by atoms with Crippen LogP contribution in [0.15, 0.2) is 83.6 Å². The van der Waals surface area contributed by atoms with Crippen molar-refractivity contribution in [2.75, 3.05) is 0 Å². The summed E-state index contributed by atoms with van der Waals surface area (Å²) in [5.74, 6) is -1.40. The van der Waals surface area contributed by atoms with Crippen molar-refractivity contribution in [1.29, 1.82) is 0 Å². The lowest BCUT2D eigenvalue weighted by atomic mass is 10.1. The van der Waals surface area contributed by atoms with E-state index in [9.17, 15) is 22.8 Å². The molecule has 9 heteroatoms. The monoisotopic (exact) mass is 492 g/mol. The van der Waals surface area contributed by atoms with Crippen molar-refractivity contribution in [3.8, 4) is 0 Å². The summed E-state index contributed by atoms with van der Waals surface area (Å²) in [7, 11) is 0. The zero-order valence-electron chi connectivity index (χ0n) is 18.7. The number of rotatable bonds is 6. The fourth-order valence-electron chi connectivity index (χ4n) is 4.19. The molecule has 1 amide bonds. The number of halogens is 3. The summed E-state index contributed by atoms with van der Waals surface area (Å²) in [4.78, 5) is 24.3. The molecule has 0 aliphatic rings. The van der Waals surface area contributed by atoms with Crippen molar-refractivity contribution in [2.24, 2.45) is 0 Å². The van der Waals surface area contributed by atoms with Crippen LogP contribution >= 0.6 is 0 Å². The lowest BCUT2D eigenvalue weighted by Gasteiger charge is -2.12. The molecule has 3 aromatic carbocycles. The van der Waals surface area contributed by atoms with E-state index >= 15 is 0 Å². The summed E-state index contributed by atoms with van der Waals surface area (Å²) in [5, 5.41) is 13.5. The quantitative estimate of drug-likeness (QED) is 0.301. The van der Waals surface area contributed by atoms with Gasteiger partial charge in [-0.15, -0.1) is 0 Å². The number of carbonyl (C=O) groups is 2. The fraction of sp³-hybridized carbons (Fsp3) is 0.111. The Morgan fingerprint density at radius 3 is 2.28 bits per heavy atom. The molecule has 36 heavy (non-hydrogen) atoms. The largest absolute Gasteiger partial charge is 0.478 e. The van der Waals surface area contributed by atoms with Crippen LogP contribution in [0, 0.1) is 0 Å². The molecule has 0 radical (unpaired) electrons. The first kappa shape index (κ1) is 23.2. The second-order valence-corrected chi connectivity index (χ2v) is 8.34. The number of furan rings is 1. The second kappa shape index (κ2) is 8.92. The van der Waals surface area contributed by atoms with E-state index in [0.717, 1.165) is 28.5 Å². The summed E-state index contributed by atoms with van der Waals surface area (Å²) >= 11 is 0. The van der Waals surface area contributed by atoms with Gasteiger partial charge in [0.1, 0.15) is 5.58 Å². The highest BCUT2D eigenvalue weighted by molar-refractivity contribution is 6.15. The molecule has 0 spiro atoms. The van der Waals surface area contributed by atoms with E-state index < -0.39 is 17.7 Å². The number of benzene rings is 3. The summed E-state index contributed by atoms with van der Waals surface area (Å²) < 4.78 is 46.1. The van der Waals surface area contributed by atoms with Gasteiger partial charge in [-0.3, -0.25) is 4.79 Å². The number of carbonyl (C=O) groups excluding carboxylic acids is 1. The number of hydrogen-bond donors (Lipinski definition) is 2. The van der Waals surface area contributed by atoms with E-state index in [1.54, 1.807) is 30.5 Å². The van der Waals surface area contributed by atoms with Crippen molar-refractivity contribution in [3.05, 3.63) is 107 Å². The number of alkyl halides is 3. The van der Waals surface area contributed by atoms with Crippen LogP contribution in [0.2, 0.25) is 0 Å². The van der Waals surface area contributed by atoms with Crippen LogP contribution < -0.4 is 5.32 Å². The molecule has 0 saturated heterocycles. The predicted octanol–water partition coefficient (Wildman–Crippen LogP) is 6.08. The fourth-order valence-corrected chi connectivity index (χ4v) is 4.19. The Morgan fingerprint density at radius 2 is 1.61 bits per heavy atom.